The lowest BCUT2D eigenvalue weighted by atomic mass is 9.97. The summed E-state index contributed by atoms with van der Waals surface area (Å²) in [6.07, 6.45) is 0. The van der Waals surface area contributed by atoms with Crippen LogP contribution in [0.25, 0.3) is 88.0 Å². The van der Waals surface area contributed by atoms with Crippen LogP contribution in [0, 0.1) is 0 Å². The van der Waals surface area contributed by atoms with Crippen molar-refractivity contribution in [3.63, 3.8) is 0 Å². The Hall–Kier alpha value is -7.36. The van der Waals surface area contributed by atoms with Crippen molar-refractivity contribution in [1.29, 1.82) is 0 Å². The van der Waals surface area contributed by atoms with Crippen LogP contribution in [-0.2, 0) is 0 Å². The van der Waals surface area contributed by atoms with E-state index in [2.05, 4.69) is 0 Å². The maximum Gasteiger partial charge on any atom is 0.159 e. The van der Waals surface area contributed by atoms with Crippen LogP contribution < -0.4 is 4.90 Å². The van der Waals surface area contributed by atoms with Crippen molar-refractivity contribution in [3.8, 4) is 33.4 Å². The van der Waals surface area contributed by atoms with Crippen LogP contribution >= 0.6 is 0 Å². The van der Waals surface area contributed by atoms with Gasteiger partial charge in [0.25, 0.3) is 0 Å². The Morgan fingerprint density at radius 1 is 0.364 bits per heavy atom. The maximum atomic E-state index is 9.95. The molecule has 11 rings (SSSR count). The number of para-hydroxylation sites is 2. The second-order valence-electron chi connectivity index (χ2n) is 11.6. The van der Waals surface area contributed by atoms with Gasteiger partial charge in [-0.3, -0.25) is 0 Å². The molecule has 0 aliphatic rings. The lowest BCUT2D eigenvalue weighted by molar-refractivity contribution is 0.669. The first-order valence-corrected chi connectivity index (χ1v) is 16.1. The van der Waals surface area contributed by atoms with E-state index in [1.807, 2.05) is 0 Å². The SMILES string of the molecule is [2H]c1cc(N(c2c([2H])c([2H])c(-c3c([2H])c([2H])c([2H])c([2H])c3[2H])c([2H])c2[2H])c2c([2H])c([2H])c([2H])c3c2oc2c([2H])c([2H])c([2H])c([2H])c23)c2c(oc3c4c([2H])c([2H])c([2H])c([2H])c4c([2H])c([2H])c32)c1-c1c([2H])c([2H])c(-c2c([2H])c([2H])c([2H])c([2H])c2[2H])c([2H])c1[2H]. The Morgan fingerprint density at radius 3 is 1.71 bits per heavy atom. The summed E-state index contributed by atoms with van der Waals surface area (Å²) in [5, 5.41) is -3.81. The van der Waals surface area contributed by atoms with Gasteiger partial charge in [0.2, 0.25) is 0 Å². The van der Waals surface area contributed by atoms with Crippen LogP contribution in [0.5, 0.6) is 0 Å². The summed E-state index contributed by atoms with van der Waals surface area (Å²) in [4.78, 5) is 0.594. The van der Waals surface area contributed by atoms with Crippen molar-refractivity contribution >= 4 is 71.7 Å². The molecule has 0 spiro atoms. The summed E-state index contributed by atoms with van der Waals surface area (Å²) in [6.45, 7) is 0. The Labute approximate surface area is 362 Å². The van der Waals surface area contributed by atoms with Gasteiger partial charge in [-0.05, 0) is 75.5 Å². The molecular weight excluding hydrogens is 671 g/mol. The third-order valence-electron chi connectivity index (χ3n) is 8.56. The minimum atomic E-state index is -1.22. The largest absolute Gasteiger partial charge is 0.455 e. The molecule has 2 aromatic heterocycles. The van der Waals surface area contributed by atoms with E-state index in [4.69, 9.17) is 33.5 Å². The molecule has 55 heavy (non-hydrogen) atoms. The highest BCUT2D eigenvalue weighted by Crippen LogP contribution is 2.49. The van der Waals surface area contributed by atoms with Crippen molar-refractivity contribution in [2.75, 3.05) is 4.90 Å². The molecule has 0 radical (unpaired) electrons. The average molecular weight is 736 g/mol. The highest BCUT2D eigenvalue weighted by atomic mass is 16.3. The number of hydrogen-bond acceptors (Lipinski definition) is 3. The predicted octanol–water partition coefficient (Wildman–Crippen LogP) is 15.1. The molecule has 0 N–H and O–H groups in total. The number of rotatable bonds is 6. The van der Waals surface area contributed by atoms with Crippen molar-refractivity contribution in [2.24, 2.45) is 0 Å². The molecule has 0 unspecified atom stereocenters. The van der Waals surface area contributed by atoms with E-state index in [-0.39, 0.29) is 0 Å². The predicted molar refractivity (Wildman–Crippen MR) is 229 cm³/mol. The zero-order valence-corrected chi connectivity index (χ0v) is 27.3. The third-order valence-corrected chi connectivity index (χ3v) is 8.56. The van der Waals surface area contributed by atoms with Gasteiger partial charge < -0.3 is 13.7 Å². The van der Waals surface area contributed by atoms with Gasteiger partial charge in [-0.25, -0.2) is 0 Å². The van der Waals surface area contributed by atoms with E-state index in [1.54, 1.807) is 0 Å². The monoisotopic (exact) mass is 735 g/mol. The smallest absolute Gasteiger partial charge is 0.159 e. The van der Waals surface area contributed by atoms with Crippen LogP contribution in [-0.4, -0.2) is 0 Å². The van der Waals surface area contributed by atoms with Crippen LogP contribution in [0.4, 0.5) is 17.1 Å². The summed E-state index contributed by atoms with van der Waals surface area (Å²) in [5.74, 6) is 0. The zero-order valence-electron chi connectivity index (χ0n) is 59.3. The Bertz CT molecular complexity index is 4970. The van der Waals surface area contributed by atoms with Crippen molar-refractivity contribution in [3.05, 3.63) is 199 Å². The van der Waals surface area contributed by atoms with Gasteiger partial charge in [0.15, 0.2) is 5.58 Å². The summed E-state index contributed by atoms with van der Waals surface area (Å²) in [7, 11) is 0. The van der Waals surface area contributed by atoms with Crippen LogP contribution in [0.15, 0.2) is 208 Å². The molecule has 258 valence electrons. The maximum absolute atomic E-state index is 9.95. The molecule has 0 saturated heterocycles. The Kier molecular flexibility index (Phi) is 2.97. The highest BCUT2D eigenvalue weighted by molar-refractivity contribution is 6.23. The van der Waals surface area contributed by atoms with Gasteiger partial charge >= 0.3 is 0 Å². The van der Waals surface area contributed by atoms with E-state index in [9.17, 15) is 19.2 Å². The molecule has 2 heterocycles. The molecule has 0 aliphatic heterocycles. The second kappa shape index (κ2) is 12.6. The molecule has 9 aromatic carbocycles. The highest BCUT2D eigenvalue weighted by Gasteiger charge is 2.25. The first-order valence-electron chi connectivity index (χ1n) is 32.1. The number of furan rings is 2. The topological polar surface area (TPSA) is 29.5 Å². The van der Waals surface area contributed by atoms with E-state index in [1.165, 1.54) is 0 Å². The van der Waals surface area contributed by atoms with Gasteiger partial charge in [-0.15, -0.1) is 0 Å². The normalized spacial score (nSPS) is 19.8. The molecule has 0 aliphatic carbocycles. The third kappa shape index (κ3) is 5.13. The second-order valence-corrected chi connectivity index (χ2v) is 11.6. The number of nitrogens with zero attached hydrogens (tertiary/aromatic N) is 1. The summed E-state index contributed by atoms with van der Waals surface area (Å²) in [5.41, 5.74) is -10.8. The number of hydrogen-bond donors (Lipinski definition) is 0. The van der Waals surface area contributed by atoms with Gasteiger partial charge in [0, 0.05) is 32.8 Å². The quantitative estimate of drug-likeness (QED) is 0.170. The van der Waals surface area contributed by atoms with Gasteiger partial charge in [-0.1, -0.05) is 157 Å². The van der Waals surface area contributed by atoms with Crippen molar-refractivity contribution in [1.82, 2.24) is 0 Å². The number of anilines is 3. The Balaban J connectivity index is 1.42. The molecule has 0 atom stereocenters. The fourth-order valence-electron chi connectivity index (χ4n) is 6.17. The van der Waals surface area contributed by atoms with E-state index in [0.29, 0.717) is 4.90 Å². The van der Waals surface area contributed by atoms with Crippen LogP contribution in [0.3, 0.4) is 0 Å². The fourth-order valence-corrected chi connectivity index (χ4v) is 6.17. The average Bonchev–Trinajstić information content (AvgIpc) is 1.63. The molecule has 3 heteroatoms. The molecule has 0 saturated carbocycles. The Morgan fingerprint density at radius 2 is 0.964 bits per heavy atom. The van der Waals surface area contributed by atoms with E-state index >= 15 is 0 Å². The minimum Gasteiger partial charge on any atom is -0.455 e. The number of fused-ring (bicyclic) bond motifs is 8. The lowest BCUT2D eigenvalue weighted by Crippen LogP contribution is -2.10. The molecular formula is C52H33NO2. The summed E-state index contributed by atoms with van der Waals surface area (Å²) < 4.78 is 301. The van der Waals surface area contributed by atoms with E-state index < -0.39 is 298 Å². The zero-order chi connectivity index (χ0) is 64.1. The van der Waals surface area contributed by atoms with Crippen LogP contribution in [0.1, 0.15) is 43.9 Å². The summed E-state index contributed by atoms with van der Waals surface area (Å²) >= 11 is 0. The first kappa shape index (κ1) is 12.9. The lowest BCUT2D eigenvalue weighted by Gasteiger charge is -2.27. The van der Waals surface area contributed by atoms with Crippen molar-refractivity contribution in [2.45, 2.75) is 0 Å². The number of benzene rings is 9. The summed E-state index contributed by atoms with van der Waals surface area (Å²) in [6, 6.07) is -30.6. The van der Waals surface area contributed by atoms with Crippen molar-refractivity contribution < 1.29 is 52.7 Å². The first-order chi connectivity index (χ1) is 40.6. The van der Waals surface area contributed by atoms with Crippen LogP contribution in [0.2, 0.25) is 0 Å². The van der Waals surface area contributed by atoms with Gasteiger partial charge in [-0.2, -0.15) is 0 Å². The molecule has 0 amide bonds. The standard InChI is InChI=1S/C52H33NO2/c1-3-12-34(13-4-1)36-22-24-39(25-23-36)42-32-33-46(49-45-31-28-38-16-7-8-17-41(38)50(45)55-52(42)49)53(40-29-26-37(27-30-40)35-14-5-2-6-15-35)47-20-11-19-44-43-18-9-10-21-48(43)54-51(44)47/h1-33H/i1D,2D,3D,4D,5D,6D,7D,8D,9D,10D,11D,12D,13D,14D,15D,16D,17D,18D,19D,20D,21D,22D,23D,24D,25D,26D,27D,28D,29D,30D,31D,32D. The molecule has 11 aromatic rings. The van der Waals surface area contributed by atoms with Gasteiger partial charge in [0.1, 0.15) is 16.7 Å². The van der Waals surface area contributed by atoms with Gasteiger partial charge in [0.05, 0.1) is 60.6 Å². The van der Waals surface area contributed by atoms with E-state index in [0.717, 1.165) is 6.07 Å². The molecule has 0 fully saturated rings. The molecule has 0 bridgehead atoms. The molecule has 3 nitrogen and oxygen atoms in total. The fraction of sp³-hybridized carbons (Fsp3) is 0. The minimum absolute atomic E-state index is 0.550.